The summed E-state index contributed by atoms with van der Waals surface area (Å²) in [5, 5.41) is 13.1. The molecule has 0 bridgehead atoms. The molecule has 2 rings (SSSR count). The second-order valence-corrected chi connectivity index (χ2v) is 7.39. The molecule has 1 aromatic heterocycles. The van der Waals surface area contributed by atoms with Crippen LogP contribution in [0.1, 0.15) is 54.7 Å². The van der Waals surface area contributed by atoms with Crippen LogP contribution >= 0.6 is 11.3 Å². The Labute approximate surface area is 139 Å². The molecule has 0 saturated heterocycles. The number of carbonyl (C=O) groups excluding carboxylic acids is 1. The summed E-state index contributed by atoms with van der Waals surface area (Å²) >= 11 is 1.28. The molecule has 4 nitrogen and oxygen atoms in total. The lowest BCUT2D eigenvalue weighted by molar-refractivity contribution is 0.0853. The second kappa shape index (κ2) is 6.76. The smallest absolute Gasteiger partial charge is 0.263 e. The average Bonchev–Trinajstić information content (AvgIpc) is 2.97. The standard InChI is InChI=1S/C17H21FN2O2S/c1-10(13(21)11-5-7-12(18)8-6-11)20-16(22)14-15(17(2,3)4)19-9-23-14/h5-10,13,21H,1-4H3,(H,20,22). The Hall–Kier alpha value is -1.79. The van der Waals surface area contributed by atoms with Gasteiger partial charge in [-0.2, -0.15) is 0 Å². The van der Waals surface area contributed by atoms with E-state index in [9.17, 15) is 14.3 Å². The van der Waals surface area contributed by atoms with Gasteiger partial charge in [-0.05, 0) is 24.6 Å². The summed E-state index contributed by atoms with van der Waals surface area (Å²) in [5.74, 6) is -0.622. The summed E-state index contributed by atoms with van der Waals surface area (Å²) in [6.07, 6.45) is -0.912. The number of rotatable bonds is 4. The van der Waals surface area contributed by atoms with Gasteiger partial charge in [-0.1, -0.05) is 32.9 Å². The fraction of sp³-hybridized carbons (Fsp3) is 0.412. The van der Waals surface area contributed by atoms with Crippen LogP contribution in [0, 0.1) is 5.82 Å². The lowest BCUT2D eigenvalue weighted by Crippen LogP contribution is -2.37. The highest BCUT2D eigenvalue weighted by Crippen LogP contribution is 2.27. The highest BCUT2D eigenvalue weighted by atomic mass is 32.1. The number of amides is 1. The number of halogens is 1. The molecule has 124 valence electrons. The molecule has 2 unspecified atom stereocenters. The number of benzene rings is 1. The number of carbonyl (C=O) groups is 1. The first-order valence-corrected chi connectivity index (χ1v) is 8.26. The third-order valence-corrected chi connectivity index (χ3v) is 4.35. The molecular formula is C17H21FN2O2S. The van der Waals surface area contributed by atoms with Gasteiger partial charge in [0.05, 0.1) is 23.4 Å². The minimum absolute atomic E-state index is 0.231. The van der Waals surface area contributed by atoms with Crippen molar-refractivity contribution in [3.8, 4) is 0 Å². The van der Waals surface area contributed by atoms with Crippen molar-refractivity contribution in [3.05, 3.63) is 51.7 Å². The van der Waals surface area contributed by atoms with Gasteiger partial charge < -0.3 is 10.4 Å². The van der Waals surface area contributed by atoms with Crippen molar-refractivity contribution >= 4 is 17.2 Å². The van der Waals surface area contributed by atoms with E-state index in [2.05, 4.69) is 10.3 Å². The monoisotopic (exact) mass is 336 g/mol. The number of nitrogens with one attached hydrogen (secondary N) is 1. The van der Waals surface area contributed by atoms with Crippen molar-refractivity contribution in [1.29, 1.82) is 0 Å². The number of aliphatic hydroxyl groups is 1. The van der Waals surface area contributed by atoms with Crippen LogP contribution in [0.2, 0.25) is 0 Å². The van der Waals surface area contributed by atoms with Gasteiger partial charge in [-0.25, -0.2) is 9.37 Å². The lowest BCUT2D eigenvalue weighted by atomic mass is 9.91. The maximum atomic E-state index is 12.9. The molecule has 0 spiro atoms. The molecular weight excluding hydrogens is 315 g/mol. The topological polar surface area (TPSA) is 62.2 Å². The third kappa shape index (κ3) is 4.14. The van der Waals surface area contributed by atoms with Crippen molar-refractivity contribution in [2.45, 2.75) is 45.3 Å². The summed E-state index contributed by atoms with van der Waals surface area (Å²) in [6, 6.07) is 5.08. The third-order valence-electron chi connectivity index (χ3n) is 3.53. The maximum Gasteiger partial charge on any atom is 0.263 e. The van der Waals surface area contributed by atoms with Crippen LogP contribution in [-0.4, -0.2) is 22.0 Å². The Bertz CT molecular complexity index is 677. The fourth-order valence-electron chi connectivity index (χ4n) is 2.24. The van der Waals surface area contributed by atoms with E-state index in [0.717, 1.165) is 5.69 Å². The summed E-state index contributed by atoms with van der Waals surface area (Å²) in [7, 11) is 0. The number of thiazole rings is 1. The molecule has 1 heterocycles. The number of hydrogen-bond acceptors (Lipinski definition) is 4. The summed E-state index contributed by atoms with van der Waals surface area (Å²) in [4.78, 5) is 17.3. The molecule has 0 radical (unpaired) electrons. The van der Waals surface area contributed by atoms with Crippen molar-refractivity contribution in [1.82, 2.24) is 10.3 Å². The molecule has 1 amide bonds. The highest BCUT2D eigenvalue weighted by Gasteiger charge is 2.27. The predicted molar refractivity (Wildman–Crippen MR) is 89.1 cm³/mol. The van der Waals surface area contributed by atoms with Crippen molar-refractivity contribution in [3.63, 3.8) is 0 Å². The van der Waals surface area contributed by atoms with E-state index in [4.69, 9.17) is 0 Å². The van der Waals surface area contributed by atoms with Crippen LogP contribution in [-0.2, 0) is 5.41 Å². The second-order valence-electron chi connectivity index (χ2n) is 6.54. The Kier molecular flexibility index (Phi) is 5.16. The first-order valence-electron chi connectivity index (χ1n) is 7.38. The van der Waals surface area contributed by atoms with Gasteiger partial charge in [0.1, 0.15) is 10.7 Å². The van der Waals surface area contributed by atoms with Gasteiger partial charge >= 0.3 is 0 Å². The number of aromatic nitrogens is 1. The van der Waals surface area contributed by atoms with Crippen LogP contribution in [0.4, 0.5) is 4.39 Å². The fourth-order valence-corrected chi connectivity index (χ4v) is 3.14. The molecule has 2 atom stereocenters. The molecule has 2 aromatic rings. The minimum atomic E-state index is -0.912. The van der Waals surface area contributed by atoms with E-state index in [1.807, 2.05) is 20.8 Å². The molecule has 23 heavy (non-hydrogen) atoms. The zero-order valence-electron chi connectivity index (χ0n) is 13.6. The van der Waals surface area contributed by atoms with Gasteiger partial charge in [0, 0.05) is 5.41 Å². The molecule has 2 N–H and O–H groups in total. The van der Waals surface area contributed by atoms with Crippen LogP contribution in [0.15, 0.2) is 29.8 Å². The Morgan fingerprint density at radius 1 is 1.30 bits per heavy atom. The van der Waals surface area contributed by atoms with Gasteiger partial charge in [-0.3, -0.25) is 4.79 Å². The highest BCUT2D eigenvalue weighted by molar-refractivity contribution is 7.11. The Balaban J connectivity index is 2.11. The first kappa shape index (κ1) is 17.6. The SMILES string of the molecule is CC(NC(=O)c1scnc1C(C)(C)C)C(O)c1ccc(F)cc1. The van der Waals surface area contributed by atoms with E-state index in [1.165, 1.54) is 35.6 Å². The Morgan fingerprint density at radius 3 is 2.48 bits per heavy atom. The molecule has 1 aromatic carbocycles. The summed E-state index contributed by atoms with van der Waals surface area (Å²) < 4.78 is 12.9. The van der Waals surface area contributed by atoms with E-state index in [-0.39, 0.29) is 17.1 Å². The van der Waals surface area contributed by atoms with Crippen molar-refractivity contribution < 1.29 is 14.3 Å². The number of nitrogens with zero attached hydrogens (tertiary/aromatic N) is 1. The van der Waals surface area contributed by atoms with Gasteiger partial charge in [0.15, 0.2) is 0 Å². The lowest BCUT2D eigenvalue weighted by Gasteiger charge is -2.22. The molecule has 0 fully saturated rings. The van der Waals surface area contributed by atoms with Gasteiger partial charge in [0.25, 0.3) is 5.91 Å². The van der Waals surface area contributed by atoms with Crippen molar-refractivity contribution in [2.24, 2.45) is 0 Å². The summed E-state index contributed by atoms with van der Waals surface area (Å²) in [5.41, 5.74) is 2.71. The normalized spacial score (nSPS) is 14.3. The quantitative estimate of drug-likeness (QED) is 0.899. The Morgan fingerprint density at radius 2 is 1.91 bits per heavy atom. The van der Waals surface area contributed by atoms with Gasteiger partial charge in [0.2, 0.25) is 0 Å². The van der Waals surface area contributed by atoms with Crippen LogP contribution in [0.25, 0.3) is 0 Å². The maximum absolute atomic E-state index is 12.9. The molecule has 0 aliphatic rings. The molecule has 6 heteroatoms. The van der Waals surface area contributed by atoms with E-state index in [0.29, 0.717) is 10.4 Å². The minimum Gasteiger partial charge on any atom is -0.386 e. The average molecular weight is 336 g/mol. The number of hydrogen-bond donors (Lipinski definition) is 2. The van der Waals surface area contributed by atoms with E-state index >= 15 is 0 Å². The molecule has 0 aliphatic heterocycles. The van der Waals surface area contributed by atoms with Crippen molar-refractivity contribution in [2.75, 3.05) is 0 Å². The van der Waals surface area contributed by atoms with Gasteiger partial charge in [-0.15, -0.1) is 11.3 Å². The van der Waals surface area contributed by atoms with E-state index < -0.39 is 12.1 Å². The first-order chi connectivity index (χ1) is 10.7. The zero-order chi connectivity index (χ0) is 17.2. The number of aliphatic hydroxyl groups excluding tert-OH is 1. The molecule has 0 saturated carbocycles. The van der Waals surface area contributed by atoms with Crippen LogP contribution < -0.4 is 5.32 Å². The summed E-state index contributed by atoms with van der Waals surface area (Å²) in [6.45, 7) is 7.70. The van der Waals surface area contributed by atoms with Crippen LogP contribution in [0.3, 0.4) is 0 Å². The van der Waals surface area contributed by atoms with E-state index in [1.54, 1.807) is 12.4 Å². The largest absolute Gasteiger partial charge is 0.386 e. The zero-order valence-corrected chi connectivity index (χ0v) is 14.4. The molecule has 0 aliphatic carbocycles. The van der Waals surface area contributed by atoms with Crippen LogP contribution in [0.5, 0.6) is 0 Å². The predicted octanol–water partition coefficient (Wildman–Crippen LogP) is 3.43.